The highest BCUT2D eigenvalue weighted by Crippen LogP contribution is 2.27. The predicted octanol–water partition coefficient (Wildman–Crippen LogP) is 3.09. The zero-order valence-corrected chi connectivity index (χ0v) is 10.5. The van der Waals surface area contributed by atoms with Crippen LogP contribution in [0.3, 0.4) is 0 Å². The maximum atomic E-state index is 11.4. The van der Waals surface area contributed by atoms with E-state index in [1.165, 1.54) is 26.2 Å². The number of rotatable bonds is 2. The molecule has 3 nitrogen and oxygen atoms in total. The second kappa shape index (κ2) is 4.77. The molecule has 0 aliphatic carbocycles. The van der Waals surface area contributed by atoms with Crippen molar-refractivity contribution in [1.82, 2.24) is 0 Å². The van der Waals surface area contributed by atoms with Crippen molar-refractivity contribution in [3.63, 3.8) is 0 Å². The average Bonchev–Trinajstić information content (AvgIpc) is 2.20. The normalized spacial score (nSPS) is 9.87. The molecule has 1 rings (SSSR count). The molecule has 0 radical (unpaired) electrons. The Hall–Kier alpha value is -0.870. The predicted molar refractivity (Wildman–Crippen MR) is 60.5 cm³/mol. The largest absolute Gasteiger partial charge is 0.465 e. The van der Waals surface area contributed by atoms with E-state index >= 15 is 0 Å². The van der Waals surface area contributed by atoms with Gasteiger partial charge in [0.25, 0.3) is 0 Å². The van der Waals surface area contributed by atoms with Gasteiger partial charge in [-0.2, -0.15) is 0 Å². The van der Waals surface area contributed by atoms with Crippen LogP contribution in [0.25, 0.3) is 0 Å². The van der Waals surface area contributed by atoms with Gasteiger partial charge in [-0.3, -0.25) is 4.79 Å². The molecule has 0 aromatic heterocycles. The van der Waals surface area contributed by atoms with Gasteiger partial charge >= 0.3 is 5.97 Å². The van der Waals surface area contributed by atoms with E-state index in [1.54, 1.807) is 0 Å². The van der Waals surface area contributed by atoms with Crippen molar-refractivity contribution in [3.8, 4) is 0 Å². The number of carbonyl (C=O) groups is 2. The van der Waals surface area contributed by atoms with Crippen LogP contribution in [0, 0.1) is 0 Å². The van der Waals surface area contributed by atoms with E-state index in [0.717, 1.165) is 0 Å². The monoisotopic (exact) mass is 290 g/mol. The number of hydrogen-bond acceptors (Lipinski definition) is 3. The Bertz CT molecular complexity index is 429. The smallest absolute Gasteiger partial charge is 0.338 e. The Morgan fingerprint density at radius 1 is 1.33 bits per heavy atom. The van der Waals surface area contributed by atoms with E-state index in [2.05, 4.69) is 20.7 Å². The lowest BCUT2D eigenvalue weighted by atomic mass is 10.0. The van der Waals surface area contributed by atoms with Crippen molar-refractivity contribution in [2.45, 2.75) is 6.92 Å². The third-order valence-corrected chi connectivity index (χ3v) is 3.04. The molecular formula is C10H8BrClO3. The van der Waals surface area contributed by atoms with Crippen LogP contribution < -0.4 is 0 Å². The highest BCUT2D eigenvalue weighted by atomic mass is 79.9. The summed E-state index contributed by atoms with van der Waals surface area (Å²) in [5.74, 6) is -0.789. The lowest BCUT2D eigenvalue weighted by Crippen LogP contribution is -2.08. The lowest BCUT2D eigenvalue weighted by Gasteiger charge is -2.06. The quantitative estimate of drug-likeness (QED) is 0.621. The number of carbonyl (C=O) groups excluding carboxylic acids is 2. The number of Topliss-reactive ketones (excluding diaryl/α,β-unsaturated/α-hetero) is 1. The van der Waals surface area contributed by atoms with E-state index < -0.39 is 5.97 Å². The SMILES string of the molecule is COC(=O)c1cc(Br)c(Cl)cc1C(C)=O. The molecular weight excluding hydrogens is 283 g/mol. The van der Waals surface area contributed by atoms with Gasteiger partial charge in [0.1, 0.15) is 0 Å². The van der Waals surface area contributed by atoms with Crippen molar-refractivity contribution in [2.24, 2.45) is 0 Å². The van der Waals surface area contributed by atoms with E-state index in [9.17, 15) is 9.59 Å². The first-order valence-corrected chi connectivity index (χ1v) is 5.22. The minimum absolute atomic E-state index is 0.210. The summed E-state index contributed by atoms with van der Waals surface area (Å²) in [6.07, 6.45) is 0. The van der Waals surface area contributed by atoms with E-state index in [-0.39, 0.29) is 16.9 Å². The molecule has 0 saturated heterocycles. The summed E-state index contributed by atoms with van der Waals surface area (Å²) in [6.45, 7) is 1.37. The van der Waals surface area contributed by atoms with Crippen LogP contribution in [-0.2, 0) is 4.74 Å². The van der Waals surface area contributed by atoms with Crippen LogP contribution in [0.2, 0.25) is 5.02 Å². The molecule has 0 atom stereocenters. The van der Waals surface area contributed by atoms with Crippen molar-refractivity contribution >= 4 is 39.3 Å². The van der Waals surface area contributed by atoms with Gasteiger partial charge in [-0.05, 0) is 35.0 Å². The molecule has 15 heavy (non-hydrogen) atoms. The Morgan fingerprint density at radius 3 is 2.40 bits per heavy atom. The molecule has 0 spiro atoms. The van der Waals surface area contributed by atoms with Gasteiger partial charge in [-0.15, -0.1) is 0 Å². The minimum atomic E-state index is -0.558. The van der Waals surface area contributed by atoms with E-state index in [1.807, 2.05) is 0 Å². The average molecular weight is 292 g/mol. The first kappa shape index (κ1) is 12.2. The number of methoxy groups -OCH3 is 1. The summed E-state index contributed by atoms with van der Waals surface area (Å²) < 4.78 is 5.12. The number of ketones is 1. The third kappa shape index (κ3) is 2.58. The number of ether oxygens (including phenoxy) is 1. The maximum Gasteiger partial charge on any atom is 0.338 e. The molecule has 80 valence electrons. The number of halogens is 2. The van der Waals surface area contributed by atoms with Gasteiger partial charge in [-0.1, -0.05) is 11.6 Å². The second-order valence-electron chi connectivity index (χ2n) is 2.86. The van der Waals surface area contributed by atoms with Gasteiger partial charge in [-0.25, -0.2) is 4.79 Å². The van der Waals surface area contributed by atoms with Crippen molar-refractivity contribution in [2.75, 3.05) is 7.11 Å². The molecule has 0 fully saturated rings. The fourth-order valence-corrected chi connectivity index (χ4v) is 1.62. The highest BCUT2D eigenvalue weighted by molar-refractivity contribution is 9.10. The summed E-state index contributed by atoms with van der Waals surface area (Å²) in [5.41, 5.74) is 0.469. The number of hydrogen-bond donors (Lipinski definition) is 0. The van der Waals surface area contributed by atoms with E-state index in [4.69, 9.17) is 11.6 Å². The standard InChI is InChI=1S/C10H8BrClO3/c1-5(13)6-4-9(12)8(11)3-7(6)10(14)15-2/h3-4H,1-2H3. The Balaban J connectivity index is 3.41. The summed E-state index contributed by atoms with van der Waals surface area (Å²) in [5, 5.41) is 0.382. The van der Waals surface area contributed by atoms with Gasteiger partial charge in [0.15, 0.2) is 5.78 Å². The molecule has 0 heterocycles. The number of esters is 1. The van der Waals surface area contributed by atoms with Crippen LogP contribution in [-0.4, -0.2) is 18.9 Å². The van der Waals surface area contributed by atoms with Crippen molar-refractivity contribution in [1.29, 1.82) is 0 Å². The minimum Gasteiger partial charge on any atom is -0.465 e. The zero-order chi connectivity index (χ0) is 11.6. The Labute approximate surface area is 100 Å². The van der Waals surface area contributed by atoms with E-state index in [0.29, 0.717) is 9.50 Å². The molecule has 0 unspecified atom stereocenters. The van der Waals surface area contributed by atoms with Gasteiger partial charge in [0.2, 0.25) is 0 Å². The third-order valence-electron chi connectivity index (χ3n) is 1.85. The Morgan fingerprint density at radius 2 is 1.93 bits per heavy atom. The summed E-state index contributed by atoms with van der Waals surface area (Å²) in [7, 11) is 1.26. The first-order chi connectivity index (χ1) is 6.97. The fourth-order valence-electron chi connectivity index (χ4n) is 1.12. The van der Waals surface area contributed by atoms with Gasteiger partial charge in [0, 0.05) is 10.0 Å². The van der Waals surface area contributed by atoms with Crippen LogP contribution >= 0.6 is 27.5 Å². The Kier molecular flexibility index (Phi) is 3.88. The van der Waals surface area contributed by atoms with Crippen LogP contribution in [0.5, 0.6) is 0 Å². The second-order valence-corrected chi connectivity index (χ2v) is 4.12. The van der Waals surface area contributed by atoms with Crippen LogP contribution in [0.1, 0.15) is 27.6 Å². The van der Waals surface area contributed by atoms with Gasteiger partial charge in [0.05, 0.1) is 17.7 Å². The molecule has 1 aromatic rings. The fraction of sp³-hybridized carbons (Fsp3) is 0.200. The topological polar surface area (TPSA) is 43.4 Å². The molecule has 0 N–H and O–H groups in total. The van der Waals surface area contributed by atoms with Crippen molar-refractivity contribution < 1.29 is 14.3 Å². The molecule has 0 amide bonds. The molecule has 0 aliphatic rings. The maximum absolute atomic E-state index is 11.4. The van der Waals surface area contributed by atoms with Crippen LogP contribution in [0.4, 0.5) is 0 Å². The number of benzene rings is 1. The molecule has 0 saturated carbocycles. The summed E-state index contributed by atoms with van der Waals surface area (Å²) in [4.78, 5) is 22.6. The molecule has 1 aromatic carbocycles. The molecule has 5 heteroatoms. The molecule has 0 aliphatic heterocycles. The lowest BCUT2D eigenvalue weighted by molar-refractivity contribution is 0.0597. The summed E-state index contributed by atoms with van der Waals surface area (Å²) in [6, 6.07) is 2.92. The summed E-state index contributed by atoms with van der Waals surface area (Å²) >= 11 is 9.00. The zero-order valence-electron chi connectivity index (χ0n) is 8.14. The van der Waals surface area contributed by atoms with Crippen molar-refractivity contribution in [3.05, 3.63) is 32.8 Å². The van der Waals surface area contributed by atoms with Gasteiger partial charge < -0.3 is 4.74 Å². The molecule has 0 bridgehead atoms. The first-order valence-electron chi connectivity index (χ1n) is 4.05. The highest BCUT2D eigenvalue weighted by Gasteiger charge is 2.17. The van der Waals surface area contributed by atoms with Crippen LogP contribution in [0.15, 0.2) is 16.6 Å².